The maximum atomic E-state index is 11.9. The standard InChI is InChI=1S/C18H21FN4O3S/c1-11-16(14-5-3-13(4-6-14)12(2)24)27-18(22-11)23-17(26)21-9-7-15(25)20-10-8-19/h3-6H,7-10H2,1-2H3,(H,20,25)(H2,21,22,23,26). The van der Waals surface area contributed by atoms with E-state index in [1.165, 1.54) is 18.3 Å². The smallest absolute Gasteiger partial charge is 0.321 e. The van der Waals surface area contributed by atoms with Gasteiger partial charge < -0.3 is 10.6 Å². The van der Waals surface area contributed by atoms with Gasteiger partial charge in [0.15, 0.2) is 10.9 Å². The van der Waals surface area contributed by atoms with Gasteiger partial charge in [-0.05, 0) is 19.4 Å². The van der Waals surface area contributed by atoms with Crippen molar-refractivity contribution in [2.75, 3.05) is 25.1 Å². The molecule has 9 heteroatoms. The van der Waals surface area contributed by atoms with Crippen LogP contribution in [0.2, 0.25) is 0 Å². The van der Waals surface area contributed by atoms with E-state index in [2.05, 4.69) is 20.9 Å². The monoisotopic (exact) mass is 392 g/mol. The number of rotatable bonds is 8. The van der Waals surface area contributed by atoms with Crippen LogP contribution in [-0.4, -0.2) is 42.5 Å². The van der Waals surface area contributed by atoms with Gasteiger partial charge in [0.2, 0.25) is 5.91 Å². The number of aromatic nitrogens is 1. The van der Waals surface area contributed by atoms with Gasteiger partial charge in [-0.15, -0.1) is 0 Å². The van der Waals surface area contributed by atoms with Gasteiger partial charge in [-0.25, -0.2) is 14.2 Å². The van der Waals surface area contributed by atoms with Crippen LogP contribution in [0.5, 0.6) is 0 Å². The number of carbonyl (C=O) groups excluding carboxylic acids is 3. The summed E-state index contributed by atoms with van der Waals surface area (Å²) in [6.45, 7) is 2.83. The zero-order valence-corrected chi connectivity index (χ0v) is 15.9. The molecule has 1 aromatic carbocycles. The topological polar surface area (TPSA) is 100 Å². The average Bonchev–Trinajstić information content (AvgIpc) is 3.00. The molecule has 0 saturated carbocycles. The highest BCUT2D eigenvalue weighted by Crippen LogP contribution is 2.32. The molecular weight excluding hydrogens is 371 g/mol. The molecule has 0 aliphatic carbocycles. The van der Waals surface area contributed by atoms with Crippen molar-refractivity contribution in [3.63, 3.8) is 0 Å². The maximum absolute atomic E-state index is 11.9. The molecule has 2 rings (SSSR count). The highest BCUT2D eigenvalue weighted by atomic mass is 32.1. The summed E-state index contributed by atoms with van der Waals surface area (Å²) < 4.78 is 11.9. The van der Waals surface area contributed by atoms with E-state index < -0.39 is 12.7 Å². The molecule has 0 aliphatic heterocycles. The number of thiazole rings is 1. The molecule has 2 aromatic rings. The number of benzene rings is 1. The SMILES string of the molecule is CC(=O)c1ccc(-c2sc(NC(=O)NCCC(=O)NCCF)nc2C)cc1. The van der Waals surface area contributed by atoms with Crippen molar-refractivity contribution in [1.29, 1.82) is 0 Å². The summed E-state index contributed by atoms with van der Waals surface area (Å²) >= 11 is 1.32. The van der Waals surface area contributed by atoms with Crippen molar-refractivity contribution in [2.45, 2.75) is 20.3 Å². The Hall–Kier alpha value is -2.81. The van der Waals surface area contributed by atoms with E-state index >= 15 is 0 Å². The quantitative estimate of drug-likeness (QED) is 0.601. The predicted molar refractivity (Wildman–Crippen MR) is 103 cm³/mol. The van der Waals surface area contributed by atoms with Crippen LogP contribution in [0.1, 0.15) is 29.4 Å². The fourth-order valence-electron chi connectivity index (χ4n) is 2.28. The van der Waals surface area contributed by atoms with Crippen LogP contribution in [-0.2, 0) is 4.79 Å². The van der Waals surface area contributed by atoms with Gasteiger partial charge in [0.25, 0.3) is 0 Å². The Bertz CT molecular complexity index is 821. The first-order chi connectivity index (χ1) is 12.9. The minimum absolute atomic E-state index is 0.0000194. The Morgan fingerprint density at radius 2 is 1.81 bits per heavy atom. The first-order valence-corrected chi connectivity index (χ1v) is 9.18. The molecule has 0 radical (unpaired) electrons. The summed E-state index contributed by atoms with van der Waals surface area (Å²) in [5.74, 6) is -0.325. The van der Waals surface area contributed by atoms with E-state index in [4.69, 9.17) is 0 Å². The van der Waals surface area contributed by atoms with Gasteiger partial charge in [0.1, 0.15) is 6.67 Å². The van der Waals surface area contributed by atoms with Gasteiger partial charge >= 0.3 is 6.03 Å². The van der Waals surface area contributed by atoms with E-state index in [9.17, 15) is 18.8 Å². The minimum atomic E-state index is -0.622. The van der Waals surface area contributed by atoms with Crippen LogP contribution in [0.4, 0.5) is 14.3 Å². The van der Waals surface area contributed by atoms with Crippen molar-refractivity contribution in [2.24, 2.45) is 0 Å². The lowest BCUT2D eigenvalue weighted by Gasteiger charge is -2.05. The maximum Gasteiger partial charge on any atom is 0.321 e. The average molecular weight is 392 g/mol. The minimum Gasteiger partial charge on any atom is -0.353 e. The summed E-state index contributed by atoms with van der Waals surface area (Å²) in [4.78, 5) is 39.8. The third kappa shape index (κ3) is 6.14. The second-order valence-corrected chi connectivity index (χ2v) is 6.74. The second kappa shape index (κ2) is 9.77. The number of halogens is 1. The van der Waals surface area contributed by atoms with Crippen molar-refractivity contribution in [3.8, 4) is 10.4 Å². The number of hydrogen-bond acceptors (Lipinski definition) is 5. The number of nitrogens with one attached hydrogen (secondary N) is 3. The number of ketones is 1. The van der Waals surface area contributed by atoms with Crippen molar-refractivity contribution < 1.29 is 18.8 Å². The van der Waals surface area contributed by atoms with Crippen LogP contribution in [0.15, 0.2) is 24.3 Å². The lowest BCUT2D eigenvalue weighted by atomic mass is 10.1. The summed E-state index contributed by atoms with van der Waals surface area (Å²) in [6.07, 6.45) is 0.0675. The number of nitrogens with zero attached hydrogens (tertiary/aromatic N) is 1. The van der Waals surface area contributed by atoms with Crippen molar-refractivity contribution in [1.82, 2.24) is 15.6 Å². The van der Waals surface area contributed by atoms with E-state index in [1.54, 1.807) is 12.1 Å². The van der Waals surface area contributed by atoms with E-state index in [-0.39, 0.29) is 31.2 Å². The lowest BCUT2D eigenvalue weighted by Crippen LogP contribution is -2.33. The molecular formula is C18H21FN4O3S. The second-order valence-electron chi connectivity index (χ2n) is 5.74. The van der Waals surface area contributed by atoms with Gasteiger partial charge in [-0.1, -0.05) is 35.6 Å². The molecule has 1 heterocycles. The molecule has 3 amide bonds. The Kier molecular flexibility index (Phi) is 7.42. The van der Waals surface area contributed by atoms with Crippen LogP contribution >= 0.6 is 11.3 Å². The van der Waals surface area contributed by atoms with Gasteiger partial charge in [0, 0.05) is 25.1 Å². The summed E-state index contributed by atoms with van der Waals surface area (Å²) in [5.41, 5.74) is 2.30. The van der Waals surface area contributed by atoms with Crippen LogP contribution in [0, 0.1) is 6.92 Å². The number of Topliss-reactive ketones (excluding diaryl/α,β-unsaturated/α-hetero) is 1. The summed E-state index contributed by atoms with van der Waals surface area (Å²) in [5, 5.41) is 7.99. The molecule has 1 aromatic heterocycles. The molecule has 0 unspecified atom stereocenters. The molecule has 27 heavy (non-hydrogen) atoms. The highest BCUT2D eigenvalue weighted by molar-refractivity contribution is 7.19. The Labute approximate surface area is 160 Å². The Balaban J connectivity index is 1.91. The number of anilines is 1. The number of hydrogen-bond donors (Lipinski definition) is 3. The van der Waals surface area contributed by atoms with Gasteiger partial charge in [-0.2, -0.15) is 0 Å². The molecule has 0 bridgehead atoms. The van der Waals surface area contributed by atoms with Crippen LogP contribution in [0.3, 0.4) is 0 Å². The van der Waals surface area contributed by atoms with Crippen molar-refractivity contribution in [3.05, 3.63) is 35.5 Å². The molecule has 0 fully saturated rings. The normalized spacial score (nSPS) is 10.3. The molecule has 0 spiro atoms. The van der Waals surface area contributed by atoms with E-state index in [0.717, 1.165) is 16.1 Å². The summed E-state index contributed by atoms with van der Waals surface area (Å²) in [6, 6.07) is 6.73. The van der Waals surface area contributed by atoms with Crippen LogP contribution < -0.4 is 16.0 Å². The molecule has 0 aliphatic rings. The van der Waals surface area contributed by atoms with Gasteiger partial charge in [0.05, 0.1) is 10.6 Å². The summed E-state index contributed by atoms with van der Waals surface area (Å²) in [7, 11) is 0. The Morgan fingerprint density at radius 3 is 2.44 bits per heavy atom. The fourth-order valence-corrected chi connectivity index (χ4v) is 3.25. The zero-order valence-electron chi connectivity index (χ0n) is 15.1. The third-order valence-corrected chi connectivity index (χ3v) is 4.75. The first-order valence-electron chi connectivity index (χ1n) is 8.37. The van der Waals surface area contributed by atoms with Gasteiger partial charge in [-0.3, -0.25) is 14.9 Å². The number of carbonyl (C=O) groups is 3. The Morgan fingerprint density at radius 1 is 1.11 bits per heavy atom. The van der Waals surface area contributed by atoms with E-state index in [1.807, 2.05) is 19.1 Å². The molecule has 144 valence electrons. The third-order valence-electron chi connectivity index (χ3n) is 3.62. The van der Waals surface area contributed by atoms with Crippen LogP contribution in [0.25, 0.3) is 10.4 Å². The van der Waals surface area contributed by atoms with Crippen molar-refractivity contribution >= 4 is 34.2 Å². The molecule has 3 N–H and O–H groups in total. The predicted octanol–water partition coefficient (Wildman–Crippen LogP) is 2.92. The fraction of sp³-hybridized carbons (Fsp3) is 0.333. The first kappa shape index (κ1) is 20.5. The molecule has 7 nitrogen and oxygen atoms in total. The number of urea groups is 1. The molecule has 0 atom stereocenters. The van der Waals surface area contributed by atoms with E-state index in [0.29, 0.717) is 10.7 Å². The molecule has 0 saturated heterocycles. The highest BCUT2D eigenvalue weighted by Gasteiger charge is 2.12. The zero-order chi connectivity index (χ0) is 19.8. The lowest BCUT2D eigenvalue weighted by molar-refractivity contribution is -0.121. The largest absolute Gasteiger partial charge is 0.353 e. The number of alkyl halides is 1. The number of amides is 3. The number of aryl methyl sites for hydroxylation is 1.